The summed E-state index contributed by atoms with van der Waals surface area (Å²) in [5.41, 5.74) is 1.42. The molecule has 0 saturated carbocycles. The standard InChI is InChI=1S/C14H9Cl3N4O/c15-14(16,17)6-5-11-9(7-18)12-19-10-4-2-1-3-8(10)13(22)21(12)20-11/h1-4,19H,5-6H2. The number of aromatic amines is 1. The second-order valence-electron chi connectivity index (χ2n) is 4.78. The lowest BCUT2D eigenvalue weighted by atomic mass is 10.1. The summed E-state index contributed by atoms with van der Waals surface area (Å²) in [6, 6.07) is 9.10. The molecule has 0 spiro atoms. The van der Waals surface area contributed by atoms with Gasteiger partial charge in [0.1, 0.15) is 11.6 Å². The molecule has 1 aromatic carbocycles. The van der Waals surface area contributed by atoms with Crippen LogP contribution in [0.4, 0.5) is 0 Å². The van der Waals surface area contributed by atoms with Crippen LogP contribution in [0.15, 0.2) is 29.1 Å². The first-order valence-electron chi connectivity index (χ1n) is 6.40. The first-order valence-corrected chi connectivity index (χ1v) is 7.53. The van der Waals surface area contributed by atoms with E-state index in [4.69, 9.17) is 34.8 Å². The maximum atomic E-state index is 12.5. The molecule has 0 radical (unpaired) electrons. The number of hydrogen-bond donors (Lipinski definition) is 1. The van der Waals surface area contributed by atoms with Gasteiger partial charge < -0.3 is 4.98 Å². The van der Waals surface area contributed by atoms with Crippen molar-refractivity contribution in [3.8, 4) is 6.07 Å². The summed E-state index contributed by atoms with van der Waals surface area (Å²) >= 11 is 17.2. The minimum atomic E-state index is -1.43. The molecule has 22 heavy (non-hydrogen) atoms. The highest BCUT2D eigenvalue weighted by atomic mass is 35.6. The van der Waals surface area contributed by atoms with E-state index < -0.39 is 3.79 Å². The number of benzene rings is 1. The highest BCUT2D eigenvalue weighted by molar-refractivity contribution is 6.67. The Morgan fingerprint density at radius 2 is 2.05 bits per heavy atom. The average Bonchev–Trinajstić information content (AvgIpc) is 2.82. The molecule has 1 N–H and O–H groups in total. The Kier molecular flexibility index (Phi) is 3.77. The smallest absolute Gasteiger partial charge is 0.282 e. The fraction of sp³-hybridized carbons (Fsp3) is 0.214. The monoisotopic (exact) mass is 354 g/mol. The Hall–Kier alpha value is -1.74. The molecule has 8 heteroatoms. The lowest BCUT2D eigenvalue weighted by Gasteiger charge is -2.08. The molecule has 0 atom stereocenters. The van der Waals surface area contributed by atoms with E-state index in [1.165, 1.54) is 4.52 Å². The number of fused-ring (bicyclic) bond motifs is 2. The van der Waals surface area contributed by atoms with E-state index in [1.54, 1.807) is 24.3 Å². The number of aromatic nitrogens is 3. The predicted octanol–water partition coefficient (Wildman–Crippen LogP) is 3.35. The van der Waals surface area contributed by atoms with Gasteiger partial charge in [-0.25, -0.2) is 0 Å². The Labute approximate surface area is 140 Å². The maximum absolute atomic E-state index is 12.5. The number of nitrogens with one attached hydrogen (secondary N) is 1. The van der Waals surface area contributed by atoms with Crippen LogP contribution in [0.3, 0.4) is 0 Å². The molecule has 0 saturated heterocycles. The predicted molar refractivity (Wildman–Crippen MR) is 86.6 cm³/mol. The average molecular weight is 356 g/mol. The van der Waals surface area contributed by atoms with E-state index in [2.05, 4.69) is 16.2 Å². The summed E-state index contributed by atoms with van der Waals surface area (Å²) in [4.78, 5) is 15.5. The maximum Gasteiger partial charge on any atom is 0.282 e. The van der Waals surface area contributed by atoms with Crippen LogP contribution in [0, 0.1) is 11.3 Å². The number of H-pyrrole nitrogens is 1. The van der Waals surface area contributed by atoms with E-state index in [0.717, 1.165) is 0 Å². The van der Waals surface area contributed by atoms with Gasteiger partial charge in [-0.3, -0.25) is 4.79 Å². The zero-order valence-corrected chi connectivity index (χ0v) is 13.4. The molecule has 0 aliphatic carbocycles. The number of nitriles is 1. The number of para-hydroxylation sites is 1. The van der Waals surface area contributed by atoms with Gasteiger partial charge in [0.2, 0.25) is 0 Å². The van der Waals surface area contributed by atoms with Crippen molar-refractivity contribution in [2.24, 2.45) is 0 Å². The first kappa shape index (κ1) is 15.2. The van der Waals surface area contributed by atoms with Gasteiger partial charge in [0.15, 0.2) is 9.44 Å². The third kappa shape index (κ3) is 2.66. The van der Waals surface area contributed by atoms with Crippen molar-refractivity contribution in [2.45, 2.75) is 16.6 Å². The Morgan fingerprint density at radius 1 is 1.32 bits per heavy atom. The largest absolute Gasteiger partial charge is 0.338 e. The summed E-state index contributed by atoms with van der Waals surface area (Å²) in [5, 5.41) is 14.1. The summed E-state index contributed by atoms with van der Waals surface area (Å²) in [7, 11) is 0. The van der Waals surface area contributed by atoms with Gasteiger partial charge in [0, 0.05) is 6.42 Å². The van der Waals surface area contributed by atoms with E-state index >= 15 is 0 Å². The van der Waals surface area contributed by atoms with Crippen LogP contribution in [-0.2, 0) is 6.42 Å². The van der Waals surface area contributed by atoms with Crippen molar-refractivity contribution in [3.05, 3.63) is 45.9 Å². The highest BCUT2D eigenvalue weighted by Gasteiger charge is 2.23. The van der Waals surface area contributed by atoms with Crippen molar-refractivity contribution in [1.29, 1.82) is 5.26 Å². The number of hydrogen-bond acceptors (Lipinski definition) is 3. The zero-order valence-electron chi connectivity index (χ0n) is 11.1. The van der Waals surface area contributed by atoms with Crippen LogP contribution < -0.4 is 5.56 Å². The fourth-order valence-electron chi connectivity index (χ4n) is 2.30. The molecule has 2 heterocycles. The van der Waals surface area contributed by atoms with Crippen molar-refractivity contribution in [2.75, 3.05) is 0 Å². The minimum Gasteiger partial charge on any atom is -0.338 e. The Balaban J connectivity index is 2.24. The highest BCUT2D eigenvalue weighted by Crippen LogP contribution is 2.31. The van der Waals surface area contributed by atoms with Crippen LogP contribution in [0.1, 0.15) is 17.7 Å². The number of halogens is 3. The number of aryl methyl sites for hydroxylation is 1. The van der Waals surface area contributed by atoms with E-state index in [-0.39, 0.29) is 24.0 Å². The van der Waals surface area contributed by atoms with Gasteiger partial charge in [-0.1, -0.05) is 46.9 Å². The molecule has 0 amide bonds. The van der Waals surface area contributed by atoms with E-state index in [9.17, 15) is 10.1 Å². The molecule has 3 rings (SSSR count). The Bertz CT molecular complexity index is 962. The first-order chi connectivity index (χ1) is 10.4. The van der Waals surface area contributed by atoms with Gasteiger partial charge in [0.25, 0.3) is 5.56 Å². The third-order valence-corrected chi connectivity index (χ3v) is 3.88. The molecule has 0 aliphatic heterocycles. The topological polar surface area (TPSA) is 74.0 Å². The van der Waals surface area contributed by atoms with Crippen LogP contribution in [0.25, 0.3) is 16.6 Å². The number of nitrogens with zero attached hydrogens (tertiary/aromatic N) is 3. The second-order valence-corrected chi connectivity index (χ2v) is 7.30. The van der Waals surface area contributed by atoms with E-state index in [1.807, 2.05) is 0 Å². The summed E-state index contributed by atoms with van der Waals surface area (Å²) in [5.74, 6) is 0. The third-order valence-electron chi connectivity index (χ3n) is 3.32. The van der Waals surface area contributed by atoms with Crippen molar-refractivity contribution in [3.63, 3.8) is 0 Å². The Morgan fingerprint density at radius 3 is 2.73 bits per heavy atom. The summed E-state index contributed by atoms with van der Waals surface area (Å²) in [6.07, 6.45) is 0.481. The zero-order chi connectivity index (χ0) is 15.9. The molecule has 0 bridgehead atoms. The van der Waals surface area contributed by atoms with E-state index in [0.29, 0.717) is 22.2 Å². The number of alkyl halides is 3. The van der Waals surface area contributed by atoms with Crippen molar-refractivity contribution >= 4 is 51.4 Å². The SMILES string of the molecule is N#Cc1c(CCC(Cl)(Cl)Cl)nn2c(=O)c3ccccc3[nH]c12. The lowest BCUT2D eigenvalue weighted by Crippen LogP contribution is -2.15. The van der Waals surface area contributed by atoms with Crippen LogP contribution in [0.5, 0.6) is 0 Å². The summed E-state index contributed by atoms with van der Waals surface area (Å²) < 4.78 is -0.244. The number of rotatable bonds is 2. The second kappa shape index (κ2) is 5.47. The molecule has 0 aliphatic rings. The van der Waals surface area contributed by atoms with Gasteiger partial charge in [-0.15, -0.1) is 0 Å². The van der Waals surface area contributed by atoms with Gasteiger partial charge in [-0.05, 0) is 18.6 Å². The molecule has 2 aromatic heterocycles. The summed E-state index contributed by atoms with van der Waals surface area (Å²) in [6.45, 7) is 0. The quantitative estimate of drug-likeness (QED) is 0.716. The molecule has 0 fully saturated rings. The van der Waals surface area contributed by atoms with Crippen molar-refractivity contribution in [1.82, 2.24) is 14.6 Å². The molecule has 112 valence electrons. The van der Waals surface area contributed by atoms with Gasteiger partial charge in [0.05, 0.1) is 16.6 Å². The van der Waals surface area contributed by atoms with Crippen LogP contribution in [-0.4, -0.2) is 18.4 Å². The molecular formula is C14H9Cl3N4O. The van der Waals surface area contributed by atoms with Gasteiger partial charge in [-0.2, -0.15) is 14.9 Å². The van der Waals surface area contributed by atoms with Gasteiger partial charge >= 0.3 is 0 Å². The minimum absolute atomic E-state index is 0.198. The fourth-order valence-corrected chi connectivity index (χ4v) is 2.58. The molecular weight excluding hydrogens is 347 g/mol. The van der Waals surface area contributed by atoms with Crippen LogP contribution >= 0.6 is 34.8 Å². The lowest BCUT2D eigenvalue weighted by molar-refractivity contribution is 0.791. The normalized spacial score (nSPS) is 11.9. The molecule has 0 unspecified atom stereocenters. The molecule has 3 aromatic rings. The van der Waals surface area contributed by atoms with Crippen molar-refractivity contribution < 1.29 is 0 Å². The molecule has 5 nitrogen and oxygen atoms in total. The van der Waals surface area contributed by atoms with Crippen LogP contribution in [0.2, 0.25) is 0 Å².